The zero-order valence-electron chi connectivity index (χ0n) is 9.79. The van der Waals surface area contributed by atoms with E-state index in [1.54, 1.807) is 6.92 Å². The van der Waals surface area contributed by atoms with Gasteiger partial charge in [0.05, 0.1) is 5.56 Å². The van der Waals surface area contributed by atoms with E-state index in [1.807, 2.05) is 0 Å². The zero-order valence-corrected chi connectivity index (χ0v) is 9.79. The molecular formula is C13H13F3O2. The lowest BCUT2D eigenvalue weighted by atomic mass is 10.1. The molecule has 0 heterocycles. The van der Waals surface area contributed by atoms with Crippen LogP contribution < -0.4 is 0 Å². The molecule has 1 rings (SSSR count). The lowest BCUT2D eigenvalue weighted by Crippen LogP contribution is -2.05. The number of rotatable bonds is 4. The molecule has 0 saturated carbocycles. The number of aliphatic hydroxyl groups is 1. The molecular weight excluding hydrogens is 245 g/mol. The molecule has 0 amide bonds. The lowest BCUT2D eigenvalue weighted by Gasteiger charge is -2.08. The summed E-state index contributed by atoms with van der Waals surface area (Å²) in [6.07, 6.45) is -2.64. The second-order valence-corrected chi connectivity index (χ2v) is 3.82. The van der Waals surface area contributed by atoms with Crippen molar-refractivity contribution in [3.8, 4) is 0 Å². The molecule has 1 N–H and O–H groups in total. The van der Waals surface area contributed by atoms with E-state index in [4.69, 9.17) is 0 Å². The van der Waals surface area contributed by atoms with E-state index in [0.717, 1.165) is 18.2 Å². The molecule has 98 valence electrons. The van der Waals surface area contributed by atoms with Crippen LogP contribution in [0.4, 0.5) is 13.2 Å². The van der Waals surface area contributed by atoms with Gasteiger partial charge < -0.3 is 5.11 Å². The quantitative estimate of drug-likeness (QED) is 0.655. The molecule has 0 spiro atoms. The first kappa shape index (κ1) is 14.3. The van der Waals surface area contributed by atoms with Crippen molar-refractivity contribution in [2.75, 3.05) is 0 Å². The number of ketones is 1. The standard InChI is InChI=1S/C13H13F3O2/c1-2-4-11(17)8-12(18)9-5-3-6-10(7-9)13(14,15)16/h3,5-8,18H,2,4H2,1H3. The van der Waals surface area contributed by atoms with Gasteiger partial charge in [-0.2, -0.15) is 13.2 Å². The van der Waals surface area contributed by atoms with Crippen molar-refractivity contribution in [1.82, 2.24) is 0 Å². The van der Waals surface area contributed by atoms with Crippen LogP contribution in [0.25, 0.3) is 5.76 Å². The minimum Gasteiger partial charge on any atom is -0.507 e. The molecule has 0 fully saturated rings. The Morgan fingerprint density at radius 1 is 1.39 bits per heavy atom. The van der Waals surface area contributed by atoms with Crippen molar-refractivity contribution in [1.29, 1.82) is 0 Å². The van der Waals surface area contributed by atoms with Crippen molar-refractivity contribution in [3.63, 3.8) is 0 Å². The molecule has 1 aromatic rings. The average molecular weight is 258 g/mol. The van der Waals surface area contributed by atoms with E-state index in [-0.39, 0.29) is 17.8 Å². The normalized spacial score (nSPS) is 12.6. The van der Waals surface area contributed by atoms with Gasteiger partial charge in [0, 0.05) is 18.1 Å². The molecule has 0 unspecified atom stereocenters. The number of carbonyl (C=O) groups is 1. The first-order valence-electron chi connectivity index (χ1n) is 5.45. The molecule has 2 nitrogen and oxygen atoms in total. The van der Waals surface area contributed by atoms with Crippen molar-refractivity contribution >= 4 is 11.5 Å². The van der Waals surface area contributed by atoms with Crippen molar-refractivity contribution in [2.45, 2.75) is 25.9 Å². The Labute approximate surface area is 103 Å². The fourth-order valence-electron chi connectivity index (χ4n) is 1.41. The Morgan fingerprint density at radius 2 is 2.06 bits per heavy atom. The SMILES string of the molecule is CCCC(=O)C=C(O)c1cccc(C(F)(F)F)c1. The maximum absolute atomic E-state index is 12.4. The van der Waals surface area contributed by atoms with E-state index in [0.29, 0.717) is 6.42 Å². The monoisotopic (exact) mass is 258 g/mol. The number of aliphatic hydroxyl groups excluding tert-OH is 1. The Bertz CT molecular complexity index is 462. The predicted octanol–water partition coefficient (Wildman–Crippen LogP) is 3.97. The van der Waals surface area contributed by atoms with Crippen LogP contribution in [0.15, 0.2) is 30.3 Å². The maximum Gasteiger partial charge on any atom is 0.416 e. The summed E-state index contributed by atoms with van der Waals surface area (Å²) < 4.78 is 37.3. The summed E-state index contributed by atoms with van der Waals surface area (Å²) in [7, 11) is 0. The predicted molar refractivity (Wildman–Crippen MR) is 62.0 cm³/mol. The smallest absolute Gasteiger partial charge is 0.416 e. The van der Waals surface area contributed by atoms with Crippen molar-refractivity contribution in [3.05, 3.63) is 41.5 Å². The molecule has 18 heavy (non-hydrogen) atoms. The van der Waals surface area contributed by atoms with Crippen molar-refractivity contribution < 1.29 is 23.1 Å². The van der Waals surface area contributed by atoms with E-state index >= 15 is 0 Å². The topological polar surface area (TPSA) is 37.3 Å². The van der Waals surface area contributed by atoms with Gasteiger partial charge in [0.2, 0.25) is 0 Å². The van der Waals surface area contributed by atoms with E-state index in [9.17, 15) is 23.1 Å². The van der Waals surface area contributed by atoms with Gasteiger partial charge in [-0.15, -0.1) is 0 Å². The van der Waals surface area contributed by atoms with Crippen LogP contribution in [-0.2, 0) is 11.0 Å². The van der Waals surface area contributed by atoms with Crippen LogP contribution in [0, 0.1) is 0 Å². The summed E-state index contributed by atoms with van der Waals surface area (Å²) >= 11 is 0. The highest BCUT2D eigenvalue weighted by atomic mass is 19.4. The van der Waals surface area contributed by atoms with Crippen LogP contribution >= 0.6 is 0 Å². The number of benzene rings is 1. The van der Waals surface area contributed by atoms with Gasteiger partial charge in [-0.25, -0.2) is 0 Å². The number of alkyl halides is 3. The number of carbonyl (C=O) groups excluding carboxylic acids is 1. The van der Waals surface area contributed by atoms with Crippen LogP contribution in [0.2, 0.25) is 0 Å². The zero-order chi connectivity index (χ0) is 13.8. The highest BCUT2D eigenvalue weighted by Gasteiger charge is 2.30. The van der Waals surface area contributed by atoms with Gasteiger partial charge in [0.15, 0.2) is 5.78 Å². The Hall–Kier alpha value is -1.78. The third-order valence-electron chi connectivity index (χ3n) is 2.28. The number of allylic oxidation sites excluding steroid dienone is 1. The van der Waals surface area contributed by atoms with Crippen LogP contribution in [0.5, 0.6) is 0 Å². The summed E-state index contributed by atoms with van der Waals surface area (Å²) in [6.45, 7) is 1.80. The Morgan fingerprint density at radius 3 is 2.61 bits per heavy atom. The minimum atomic E-state index is -4.47. The van der Waals surface area contributed by atoms with Gasteiger partial charge in [-0.1, -0.05) is 19.1 Å². The first-order valence-corrected chi connectivity index (χ1v) is 5.45. The molecule has 0 aliphatic rings. The van der Waals surface area contributed by atoms with Crippen LogP contribution in [-0.4, -0.2) is 10.9 Å². The second-order valence-electron chi connectivity index (χ2n) is 3.82. The van der Waals surface area contributed by atoms with Gasteiger partial charge in [0.25, 0.3) is 0 Å². The maximum atomic E-state index is 12.4. The second kappa shape index (κ2) is 5.71. The molecule has 0 atom stereocenters. The molecule has 0 bridgehead atoms. The van der Waals surface area contributed by atoms with E-state index in [2.05, 4.69) is 0 Å². The fraction of sp³-hybridized carbons (Fsp3) is 0.308. The third kappa shape index (κ3) is 3.91. The van der Waals surface area contributed by atoms with Gasteiger partial charge in [0.1, 0.15) is 5.76 Å². The molecule has 0 saturated heterocycles. The molecule has 0 aliphatic carbocycles. The summed E-state index contributed by atoms with van der Waals surface area (Å²) in [4.78, 5) is 11.3. The number of halogens is 3. The Balaban J connectivity index is 3.00. The first-order chi connectivity index (χ1) is 8.34. The van der Waals surface area contributed by atoms with E-state index in [1.165, 1.54) is 12.1 Å². The van der Waals surface area contributed by atoms with Crippen LogP contribution in [0.3, 0.4) is 0 Å². The minimum absolute atomic E-state index is 0.0192. The molecule has 0 radical (unpaired) electrons. The van der Waals surface area contributed by atoms with E-state index < -0.39 is 17.5 Å². The largest absolute Gasteiger partial charge is 0.507 e. The molecule has 0 aromatic heterocycles. The highest BCUT2D eigenvalue weighted by molar-refractivity contribution is 5.95. The molecule has 5 heteroatoms. The molecule has 0 aliphatic heterocycles. The summed E-state index contributed by atoms with van der Waals surface area (Å²) in [5.41, 5.74) is -0.878. The summed E-state index contributed by atoms with van der Waals surface area (Å²) in [6, 6.07) is 4.22. The van der Waals surface area contributed by atoms with Crippen molar-refractivity contribution in [2.24, 2.45) is 0 Å². The summed E-state index contributed by atoms with van der Waals surface area (Å²) in [5, 5.41) is 9.58. The number of hydrogen-bond donors (Lipinski definition) is 1. The van der Waals surface area contributed by atoms with Gasteiger partial charge in [-0.05, 0) is 18.6 Å². The highest BCUT2D eigenvalue weighted by Crippen LogP contribution is 2.30. The summed E-state index contributed by atoms with van der Waals surface area (Å²) in [5.74, 6) is -0.757. The lowest BCUT2D eigenvalue weighted by molar-refractivity contribution is -0.137. The van der Waals surface area contributed by atoms with Gasteiger partial charge in [-0.3, -0.25) is 4.79 Å². The fourth-order valence-corrected chi connectivity index (χ4v) is 1.41. The molecule has 1 aromatic carbocycles. The van der Waals surface area contributed by atoms with Crippen LogP contribution in [0.1, 0.15) is 30.9 Å². The number of hydrogen-bond acceptors (Lipinski definition) is 2. The van der Waals surface area contributed by atoms with Gasteiger partial charge >= 0.3 is 6.18 Å². The Kier molecular flexibility index (Phi) is 4.53. The third-order valence-corrected chi connectivity index (χ3v) is 2.28. The average Bonchev–Trinajstić information content (AvgIpc) is 2.28.